The van der Waals surface area contributed by atoms with Gasteiger partial charge in [-0.1, -0.05) is 91.0 Å². The Balaban J connectivity index is 1.38. The van der Waals surface area contributed by atoms with E-state index in [0.717, 1.165) is 33.7 Å². The van der Waals surface area contributed by atoms with Gasteiger partial charge in [0.1, 0.15) is 11.9 Å². The highest BCUT2D eigenvalue weighted by Gasteiger charge is 2.39. The van der Waals surface area contributed by atoms with Crippen LogP contribution in [0.1, 0.15) is 17.0 Å². The maximum Gasteiger partial charge on any atom is 0.125 e. The van der Waals surface area contributed by atoms with Gasteiger partial charge in [0.15, 0.2) is 0 Å². The second kappa shape index (κ2) is 9.08. The number of nitriles is 1. The van der Waals surface area contributed by atoms with Crippen LogP contribution in [0, 0.1) is 17.1 Å². The van der Waals surface area contributed by atoms with Gasteiger partial charge in [-0.2, -0.15) is 5.26 Å². The lowest BCUT2D eigenvalue weighted by Crippen LogP contribution is -2.29. The molecule has 0 amide bonds. The molecule has 0 spiro atoms. The lowest BCUT2D eigenvalue weighted by atomic mass is 9.91. The van der Waals surface area contributed by atoms with E-state index in [2.05, 4.69) is 119 Å². The molecule has 41 heavy (non-hydrogen) atoms. The van der Waals surface area contributed by atoms with Crippen LogP contribution in [0.15, 0.2) is 133 Å². The number of nitrogens with zero attached hydrogens (tertiary/aromatic N) is 3. The van der Waals surface area contributed by atoms with E-state index in [0.29, 0.717) is 11.1 Å². The highest BCUT2D eigenvalue weighted by atomic mass is 19.1. The third-order valence-corrected chi connectivity index (χ3v) is 8.39. The number of rotatable bonds is 3. The highest BCUT2D eigenvalue weighted by Crippen LogP contribution is 2.51. The van der Waals surface area contributed by atoms with E-state index in [4.69, 9.17) is 0 Å². The number of aromatic nitrogens is 1. The summed E-state index contributed by atoms with van der Waals surface area (Å²) in [6.45, 7) is 0. The van der Waals surface area contributed by atoms with Crippen LogP contribution in [-0.2, 0) is 0 Å². The number of allylic oxidation sites excluding steroid dienone is 2. The third-order valence-electron chi connectivity index (χ3n) is 8.39. The Hall–Kier alpha value is -5.40. The molecule has 6 aromatic rings. The molecule has 2 heterocycles. The molecule has 0 saturated carbocycles. The number of hydrogen-bond donors (Lipinski definition) is 0. The van der Waals surface area contributed by atoms with Gasteiger partial charge in [0, 0.05) is 33.6 Å². The van der Waals surface area contributed by atoms with E-state index < -0.39 is 5.82 Å². The van der Waals surface area contributed by atoms with Gasteiger partial charge in [0.05, 0.1) is 28.3 Å². The molecule has 0 radical (unpaired) electrons. The molecule has 0 saturated heterocycles. The first-order valence-corrected chi connectivity index (χ1v) is 13.8. The summed E-state index contributed by atoms with van der Waals surface area (Å²) >= 11 is 0. The normalized spacial score (nSPS) is 17.1. The fraction of sp³-hybridized carbons (Fsp3) is 0.0541. The average Bonchev–Trinajstić information content (AvgIpc) is 3.54. The predicted octanol–water partition coefficient (Wildman–Crippen LogP) is 9.19. The minimum absolute atomic E-state index is 0.00534. The molecule has 5 aromatic carbocycles. The van der Waals surface area contributed by atoms with E-state index in [-0.39, 0.29) is 12.0 Å². The first-order valence-electron chi connectivity index (χ1n) is 13.8. The maximum atomic E-state index is 15.2. The Bertz CT molecular complexity index is 2060. The van der Waals surface area contributed by atoms with Crippen LogP contribution in [0.4, 0.5) is 15.8 Å². The second-order valence-electron chi connectivity index (χ2n) is 10.6. The van der Waals surface area contributed by atoms with Gasteiger partial charge in [-0.3, -0.25) is 0 Å². The summed E-state index contributed by atoms with van der Waals surface area (Å²) in [5, 5.41) is 12.6. The Labute approximate surface area is 237 Å². The molecule has 1 aromatic heterocycles. The molecule has 4 heteroatoms. The fourth-order valence-corrected chi connectivity index (χ4v) is 6.73. The number of anilines is 2. The van der Waals surface area contributed by atoms with Gasteiger partial charge in [0.25, 0.3) is 0 Å². The topological polar surface area (TPSA) is 32.0 Å². The number of para-hydroxylation sites is 3. The number of halogens is 1. The molecule has 8 rings (SSSR count). The van der Waals surface area contributed by atoms with Gasteiger partial charge >= 0.3 is 0 Å². The summed E-state index contributed by atoms with van der Waals surface area (Å²) in [6.07, 6.45) is 8.51. The molecular formula is C37H24FN3. The Morgan fingerprint density at radius 2 is 1.41 bits per heavy atom. The first kappa shape index (κ1) is 23.5. The molecule has 2 unspecified atom stereocenters. The van der Waals surface area contributed by atoms with Crippen molar-refractivity contribution in [1.82, 2.24) is 4.57 Å². The molecule has 2 aliphatic rings. The summed E-state index contributed by atoms with van der Waals surface area (Å²) in [5.41, 5.74) is 8.05. The van der Waals surface area contributed by atoms with E-state index in [9.17, 15) is 5.26 Å². The van der Waals surface area contributed by atoms with Gasteiger partial charge in [-0.25, -0.2) is 4.39 Å². The smallest absolute Gasteiger partial charge is 0.125 e. The van der Waals surface area contributed by atoms with Crippen LogP contribution >= 0.6 is 0 Å². The van der Waals surface area contributed by atoms with Crippen molar-refractivity contribution in [2.75, 3.05) is 4.90 Å². The van der Waals surface area contributed by atoms with Crippen LogP contribution in [0.5, 0.6) is 0 Å². The largest absolute Gasteiger partial charge is 0.332 e. The predicted molar refractivity (Wildman–Crippen MR) is 164 cm³/mol. The van der Waals surface area contributed by atoms with Crippen molar-refractivity contribution in [1.29, 1.82) is 5.26 Å². The summed E-state index contributed by atoms with van der Waals surface area (Å²) in [6, 6.07) is 38.6. The van der Waals surface area contributed by atoms with Gasteiger partial charge in [0.2, 0.25) is 0 Å². The zero-order chi connectivity index (χ0) is 27.5. The molecule has 2 atom stereocenters. The van der Waals surface area contributed by atoms with Gasteiger partial charge < -0.3 is 9.47 Å². The van der Waals surface area contributed by atoms with E-state index >= 15 is 4.39 Å². The number of hydrogen-bond acceptors (Lipinski definition) is 2. The molecule has 194 valence electrons. The zero-order valence-corrected chi connectivity index (χ0v) is 22.1. The molecule has 1 aliphatic heterocycles. The summed E-state index contributed by atoms with van der Waals surface area (Å²) in [5.74, 6) is -0.268. The van der Waals surface area contributed by atoms with Crippen molar-refractivity contribution >= 4 is 33.2 Å². The van der Waals surface area contributed by atoms with Crippen LogP contribution in [-0.4, -0.2) is 10.6 Å². The van der Waals surface area contributed by atoms with E-state index in [1.807, 2.05) is 18.2 Å². The lowest BCUT2D eigenvalue weighted by molar-refractivity contribution is 0.627. The van der Waals surface area contributed by atoms with Crippen molar-refractivity contribution in [2.45, 2.75) is 12.0 Å². The van der Waals surface area contributed by atoms with E-state index in [1.54, 1.807) is 6.07 Å². The minimum Gasteiger partial charge on any atom is -0.332 e. The summed E-state index contributed by atoms with van der Waals surface area (Å²) < 4.78 is 17.4. The monoisotopic (exact) mass is 529 g/mol. The first-order chi connectivity index (χ1) is 20.2. The van der Waals surface area contributed by atoms with Gasteiger partial charge in [-0.15, -0.1) is 0 Å². The van der Waals surface area contributed by atoms with Crippen molar-refractivity contribution in [3.05, 3.63) is 150 Å². The molecule has 0 fully saturated rings. The van der Waals surface area contributed by atoms with Gasteiger partial charge in [-0.05, 0) is 53.6 Å². The SMILES string of the molecule is N#Cc1cc(F)cc(-c2cccc(-n3c4ccccc4c4ccccc43)c2)c1N1c2ccccc2C2C=CC=CC21. The molecule has 3 nitrogen and oxygen atoms in total. The number of fused-ring (bicyclic) bond motifs is 6. The Morgan fingerprint density at radius 1 is 0.707 bits per heavy atom. The van der Waals surface area contributed by atoms with E-state index in [1.165, 1.54) is 22.4 Å². The number of benzene rings is 5. The van der Waals surface area contributed by atoms with Crippen molar-refractivity contribution < 1.29 is 4.39 Å². The molecule has 0 bridgehead atoms. The Kier molecular flexibility index (Phi) is 5.20. The van der Waals surface area contributed by atoms with Crippen molar-refractivity contribution in [3.63, 3.8) is 0 Å². The highest BCUT2D eigenvalue weighted by molar-refractivity contribution is 6.09. The lowest BCUT2D eigenvalue weighted by Gasteiger charge is -2.31. The summed E-state index contributed by atoms with van der Waals surface area (Å²) in [7, 11) is 0. The van der Waals surface area contributed by atoms with Crippen LogP contribution < -0.4 is 4.90 Å². The summed E-state index contributed by atoms with van der Waals surface area (Å²) in [4.78, 5) is 2.22. The Morgan fingerprint density at radius 3 is 2.20 bits per heavy atom. The molecule has 1 aliphatic carbocycles. The molecule has 0 N–H and O–H groups in total. The van der Waals surface area contributed by atoms with Crippen molar-refractivity contribution in [3.8, 4) is 22.9 Å². The van der Waals surface area contributed by atoms with Crippen LogP contribution in [0.2, 0.25) is 0 Å². The average molecular weight is 530 g/mol. The standard InChI is InChI=1S/C37H24FN3/c38-26-20-25(23-39)37(41-35-18-7-3-14-30(35)31-15-4-8-19-36(31)41)32(22-26)24-10-9-11-27(21-24)40-33-16-5-1-12-28(33)29-13-2-6-17-34(29)40/h1-22,30,35H. The van der Waals surface area contributed by atoms with Crippen LogP contribution in [0.3, 0.4) is 0 Å². The van der Waals surface area contributed by atoms with Crippen LogP contribution in [0.25, 0.3) is 38.6 Å². The second-order valence-corrected chi connectivity index (χ2v) is 10.6. The quantitative estimate of drug-likeness (QED) is 0.229. The maximum absolute atomic E-state index is 15.2. The molecular weight excluding hydrogens is 505 g/mol. The minimum atomic E-state index is -0.425. The van der Waals surface area contributed by atoms with Crippen molar-refractivity contribution in [2.24, 2.45) is 0 Å². The third kappa shape index (κ3) is 3.49. The zero-order valence-electron chi connectivity index (χ0n) is 22.1. The fourth-order valence-electron chi connectivity index (χ4n) is 6.73.